The van der Waals surface area contributed by atoms with Gasteiger partial charge in [-0.25, -0.2) is 4.79 Å². The van der Waals surface area contributed by atoms with Crippen molar-refractivity contribution in [3.05, 3.63) is 0 Å². The molecule has 0 spiro atoms. The van der Waals surface area contributed by atoms with Crippen LogP contribution in [0, 0.1) is 5.92 Å². The van der Waals surface area contributed by atoms with Gasteiger partial charge < -0.3 is 15.3 Å². The van der Waals surface area contributed by atoms with E-state index in [2.05, 4.69) is 5.32 Å². The van der Waals surface area contributed by atoms with E-state index in [0.29, 0.717) is 12.3 Å². The van der Waals surface area contributed by atoms with Gasteiger partial charge in [0.15, 0.2) is 0 Å². The van der Waals surface area contributed by atoms with Crippen molar-refractivity contribution in [2.45, 2.75) is 51.6 Å². The number of carbonyl (C=O) groups excluding carboxylic acids is 1. The van der Waals surface area contributed by atoms with Crippen LogP contribution in [-0.2, 0) is 4.79 Å². The number of carboxylic acids is 1. The lowest BCUT2D eigenvalue weighted by Gasteiger charge is -2.27. The summed E-state index contributed by atoms with van der Waals surface area (Å²) in [5, 5.41) is 11.5. The van der Waals surface area contributed by atoms with Gasteiger partial charge in [0.2, 0.25) is 0 Å². The molecular formula is C12H22N2O3. The second kappa shape index (κ2) is 5.89. The van der Waals surface area contributed by atoms with Gasteiger partial charge in [0.05, 0.1) is 6.42 Å². The van der Waals surface area contributed by atoms with Crippen LogP contribution in [0.5, 0.6) is 0 Å². The quantitative estimate of drug-likeness (QED) is 0.744. The standard InChI is InChI=1S/C12H22N2O3/c1-4-10(7-11(15)16)13-12(17)14(3)8(2)9-5-6-9/h8-10H,4-7H2,1-3H3,(H,13,17)(H,15,16). The molecule has 1 fully saturated rings. The predicted octanol–water partition coefficient (Wildman–Crippen LogP) is 1.68. The van der Waals surface area contributed by atoms with Crippen LogP contribution in [0.3, 0.4) is 0 Å². The maximum atomic E-state index is 11.9. The van der Waals surface area contributed by atoms with Crippen LogP contribution in [0.25, 0.3) is 0 Å². The number of hydrogen-bond acceptors (Lipinski definition) is 2. The molecule has 17 heavy (non-hydrogen) atoms. The van der Waals surface area contributed by atoms with E-state index in [1.165, 1.54) is 12.8 Å². The van der Waals surface area contributed by atoms with Crippen LogP contribution < -0.4 is 5.32 Å². The van der Waals surface area contributed by atoms with Crippen molar-refractivity contribution in [1.82, 2.24) is 10.2 Å². The molecule has 5 nitrogen and oxygen atoms in total. The highest BCUT2D eigenvalue weighted by atomic mass is 16.4. The molecule has 1 aliphatic carbocycles. The summed E-state index contributed by atoms with van der Waals surface area (Å²) >= 11 is 0. The Hall–Kier alpha value is -1.26. The lowest BCUT2D eigenvalue weighted by atomic mass is 10.1. The molecule has 0 aromatic rings. The largest absolute Gasteiger partial charge is 0.481 e. The van der Waals surface area contributed by atoms with Crippen molar-refractivity contribution in [3.8, 4) is 0 Å². The number of amides is 2. The third-order valence-corrected chi connectivity index (χ3v) is 3.48. The van der Waals surface area contributed by atoms with Crippen molar-refractivity contribution < 1.29 is 14.7 Å². The SMILES string of the molecule is CCC(CC(=O)O)NC(=O)N(C)C(C)C1CC1. The van der Waals surface area contributed by atoms with Crippen LogP contribution >= 0.6 is 0 Å². The van der Waals surface area contributed by atoms with E-state index >= 15 is 0 Å². The summed E-state index contributed by atoms with van der Waals surface area (Å²) in [6.07, 6.45) is 2.98. The lowest BCUT2D eigenvalue weighted by molar-refractivity contribution is -0.137. The summed E-state index contributed by atoms with van der Waals surface area (Å²) in [5.41, 5.74) is 0. The number of carbonyl (C=O) groups is 2. The van der Waals surface area contributed by atoms with Crippen molar-refractivity contribution in [2.75, 3.05) is 7.05 Å². The zero-order chi connectivity index (χ0) is 13.0. The van der Waals surface area contributed by atoms with Gasteiger partial charge in [0.1, 0.15) is 0 Å². The second-order valence-electron chi connectivity index (χ2n) is 4.84. The van der Waals surface area contributed by atoms with E-state index in [4.69, 9.17) is 5.11 Å². The average Bonchev–Trinajstić information content (AvgIpc) is 3.09. The fraction of sp³-hybridized carbons (Fsp3) is 0.833. The van der Waals surface area contributed by atoms with E-state index in [-0.39, 0.29) is 24.5 Å². The maximum Gasteiger partial charge on any atom is 0.317 e. The zero-order valence-corrected chi connectivity index (χ0v) is 10.8. The molecular weight excluding hydrogens is 220 g/mol. The maximum absolute atomic E-state index is 11.9. The highest BCUT2D eigenvalue weighted by molar-refractivity contribution is 5.76. The summed E-state index contributed by atoms with van der Waals surface area (Å²) in [4.78, 5) is 24.2. The van der Waals surface area contributed by atoms with Gasteiger partial charge in [-0.1, -0.05) is 6.92 Å². The monoisotopic (exact) mass is 242 g/mol. The lowest BCUT2D eigenvalue weighted by Crippen LogP contribution is -2.47. The number of rotatable bonds is 6. The van der Waals surface area contributed by atoms with Gasteiger partial charge in [-0.15, -0.1) is 0 Å². The van der Waals surface area contributed by atoms with Crippen LogP contribution in [0.4, 0.5) is 4.79 Å². The van der Waals surface area contributed by atoms with Crippen LogP contribution in [-0.4, -0.2) is 41.1 Å². The van der Waals surface area contributed by atoms with Crippen molar-refractivity contribution in [2.24, 2.45) is 5.92 Å². The Morgan fingerprint density at radius 2 is 2.06 bits per heavy atom. The molecule has 0 aromatic carbocycles. The first-order valence-electron chi connectivity index (χ1n) is 6.20. The number of aliphatic carboxylic acids is 1. The van der Waals surface area contributed by atoms with Gasteiger partial charge in [-0.3, -0.25) is 4.79 Å². The molecule has 98 valence electrons. The Morgan fingerprint density at radius 1 is 1.47 bits per heavy atom. The Labute approximate surface area is 102 Å². The highest BCUT2D eigenvalue weighted by Gasteiger charge is 2.32. The number of hydrogen-bond donors (Lipinski definition) is 2. The van der Waals surface area contributed by atoms with E-state index in [0.717, 1.165) is 0 Å². The highest BCUT2D eigenvalue weighted by Crippen LogP contribution is 2.34. The van der Waals surface area contributed by atoms with Crippen LogP contribution in [0.15, 0.2) is 0 Å². The third-order valence-electron chi connectivity index (χ3n) is 3.48. The van der Waals surface area contributed by atoms with Crippen molar-refractivity contribution in [1.29, 1.82) is 0 Å². The number of nitrogens with one attached hydrogen (secondary N) is 1. The third kappa shape index (κ3) is 4.24. The van der Waals surface area contributed by atoms with Gasteiger partial charge in [0, 0.05) is 19.1 Å². The van der Waals surface area contributed by atoms with Crippen molar-refractivity contribution >= 4 is 12.0 Å². The van der Waals surface area contributed by atoms with Crippen molar-refractivity contribution in [3.63, 3.8) is 0 Å². The van der Waals surface area contributed by atoms with Gasteiger partial charge in [-0.05, 0) is 32.1 Å². The van der Waals surface area contributed by atoms with Crippen LogP contribution in [0.2, 0.25) is 0 Å². The van der Waals surface area contributed by atoms with E-state index in [9.17, 15) is 9.59 Å². The molecule has 0 saturated heterocycles. The van der Waals surface area contributed by atoms with Crippen LogP contribution in [0.1, 0.15) is 39.5 Å². The van der Waals surface area contributed by atoms with Gasteiger partial charge in [0.25, 0.3) is 0 Å². The molecule has 2 amide bonds. The summed E-state index contributed by atoms with van der Waals surface area (Å²) < 4.78 is 0. The molecule has 5 heteroatoms. The fourth-order valence-corrected chi connectivity index (χ4v) is 1.86. The molecule has 1 rings (SSSR count). The number of urea groups is 1. The molecule has 2 N–H and O–H groups in total. The van der Waals surface area contributed by atoms with Gasteiger partial charge >= 0.3 is 12.0 Å². The first-order chi connectivity index (χ1) is 7.95. The zero-order valence-electron chi connectivity index (χ0n) is 10.8. The number of nitrogens with zero attached hydrogens (tertiary/aromatic N) is 1. The molecule has 0 aromatic heterocycles. The Balaban J connectivity index is 2.42. The Kier molecular flexibility index (Phi) is 4.78. The minimum Gasteiger partial charge on any atom is -0.481 e. The number of carboxylic acid groups (broad SMARTS) is 1. The first kappa shape index (κ1) is 13.8. The Morgan fingerprint density at radius 3 is 2.47 bits per heavy atom. The summed E-state index contributed by atoms with van der Waals surface area (Å²) in [6, 6.07) is -0.219. The predicted molar refractivity (Wildman–Crippen MR) is 64.8 cm³/mol. The van der Waals surface area contributed by atoms with E-state index in [1.54, 1.807) is 11.9 Å². The summed E-state index contributed by atoms with van der Waals surface area (Å²) in [5.74, 6) is -0.264. The van der Waals surface area contributed by atoms with E-state index < -0.39 is 5.97 Å². The normalized spacial score (nSPS) is 18.3. The van der Waals surface area contributed by atoms with Gasteiger partial charge in [-0.2, -0.15) is 0 Å². The topological polar surface area (TPSA) is 69.6 Å². The minimum absolute atomic E-state index is 0.0200. The second-order valence-corrected chi connectivity index (χ2v) is 4.84. The Bertz CT molecular complexity index is 289. The summed E-state index contributed by atoms with van der Waals surface area (Å²) in [7, 11) is 1.77. The summed E-state index contributed by atoms with van der Waals surface area (Å²) in [6.45, 7) is 3.91. The minimum atomic E-state index is -0.880. The van der Waals surface area contributed by atoms with E-state index in [1.807, 2.05) is 13.8 Å². The molecule has 1 aliphatic rings. The first-order valence-corrected chi connectivity index (χ1v) is 6.20. The average molecular weight is 242 g/mol. The molecule has 1 saturated carbocycles. The molecule has 2 unspecified atom stereocenters. The molecule has 0 heterocycles. The smallest absolute Gasteiger partial charge is 0.317 e. The molecule has 2 atom stereocenters. The fourth-order valence-electron chi connectivity index (χ4n) is 1.86. The molecule has 0 radical (unpaired) electrons. The molecule has 0 bridgehead atoms. The molecule has 0 aliphatic heterocycles.